The van der Waals surface area contributed by atoms with Crippen LogP contribution in [0.3, 0.4) is 0 Å². The van der Waals surface area contributed by atoms with Crippen LogP contribution in [0, 0.1) is 0 Å². The number of rotatable bonds is 1. The van der Waals surface area contributed by atoms with Gasteiger partial charge in [-0.2, -0.15) is 12.6 Å². The predicted molar refractivity (Wildman–Crippen MR) is 39.7 cm³/mol. The molecule has 1 aromatic rings. The molecule has 0 amide bonds. The molecule has 0 aliphatic rings. The van der Waals surface area contributed by atoms with Gasteiger partial charge in [0.2, 0.25) is 0 Å². The molecule has 0 bridgehead atoms. The zero-order valence-electron chi connectivity index (χ0n) is 4.58. The van der Waals surface area contributed by atoms with Crippen molar-refractivity contribution in [3.8, 4) is 0 Å². The topological polar surface area (TPSA) is 25.8 Å². The normalized spacial score (nSPS) is 9.56. The molecule has 0 fully saturated rings. The molecule has 0 unspecified atom stereocenters. The summed E-state index contributed by atoms with van der Waals surface area (Å²) in [4.78, 5) is 7.76. The smallest absolute Gasteiger partial charge is 0.139 e. The van der Waals surface area contributed by atoms with E-state index < -0.39 is 0 Å². The van der Waals surface area contributed by atoms with Gasteiger partial charge in [0.25, 0.3) is 0 Å². The highest BCUT2D eigenvalue weighted by Gasteiger charge is 1.91. The van der Waals surface area contributed by atoms with Crippen molar-refractivity contribution < 1.29 is 0 Å². The first kappa shape index (κ1) is 6.83. The molecule has 4 heteroatoms. The summed E-state index contributed by atoms with van der Waals surface area (Å²) < 4.78 is 0. The molecule has 0 atom stereocenters. The Hall–Kier alpha value is -0.280. The van der Waals surface area contributed by atoms with E-state index in [1.165, 1.54) is 0 Å². The summed E-state index contributed by atoms with van der Waals surface area (Å²) in [6.07, 6.45) is 1.61. The van der Waals surface area contributed by atoms with E-state index in [1.807, 2.05) is 0 Å². The summed E-state index contributed by atoms with van der Waals surface area (Å²) in [7, 11) is 0. The van der Waals surface area contributed by atoms with Crippen LogP contribution in [0.5, 0.6) is 0 Å². The van der Waals surface area contributed by atoms with E-state index in [1.54, 1.807) is 12.3 Å². The fraction of sp³-hybridized carbons (Fsp3) is 0.200. The third-order valence-electron chi connectivity index (χ3n) is 0.813. The van der Waals surface area contributed by atoms with Crippen LogP contribution in [0.2, 0.25) is 5.15 Å². The second-order valence-corrected chi connectivity index (χ2v) is 2.16. The van der Waals surface area contributed by atoms with Crippen LogP contribution in [-0.2, 0) is 5.75 Å². The molecule has 9 heavy (non-hydrogen) atoms. The van der Waals surface area contributed by atoms with E-state index in [4.69, 9.17) is 11.6 Å². The van der Waals surface area contributed by atoms with Crippen LogP contribution in [0.1, 0.15) is 5.82 Å². The molecule has 0 N–H and O–H groups in total. The fourth-order valence-electron chi connectivity index (χ4n) is 0.450. The minimum atomic E-state index is 0.467. The van der Waals surface area contributed by atoms with Crippen molar-refractivity contribution >= 4 is 24.2 Å². The van der Waals surface area contributed by atoms with Gasteiger partial charge in [0.1, 0.15) is 11.0 Å². The van der Waals surface area contributed by atoms with Gasteiger partial charge in [0, 0.05) is 6.20 Å². The lowest BCUT2D eigenvalue weighted by Gasteiger charge is -1.91. The third-order valence-corrected chi connectivity index (χ3v) is 1.31. The van der Waals surface area contributed by atoms with Crippen molar-refractivity contribution in [2.75, 3.05) is 0 Å². The van der Waals surface area contributed by atoms with Crippen LogP contribution in [0.15, 0.2) is 12.3 Å². The molecule has 1 rings (SSSR count). The van der Waals surface area contributed by atoms with Crippen LogP contribution in [0.4, 0.5) is 0 Å². The Balaban J connectivity index is 2.94. The molecular weight excluding hydrogens is 156 g/mol. The number of halogens is 1. The molecule has 1 aromatic heterocycles. The molecule has 0 spiro atoms. The summed E-state index contributed by atoms with van der Waals surface area (Å²) in [6.45, 7) is 0. The lowest BCUT2D eigenvalue weighted by molar-refractivity contribution is 1.04. The van der Waals surface area contributed by atoms with Gasteiger partial charge in [-0.3, -0.25) is 0 Å². The zero-order chi connectivity index (χ0) is 6.69. The SMILES string of the molecule is SCc1nccc(Cl)n1. The largest absolute Gasteiger partial charge is 0.240 e. The van der Waals surface area contributed by atoms with E-state index in [-0.39, 0.29) is 0 Å². The molecule has 0 radical (unpaired) electrons. The van der Waals surface area contributed by atoms with Crippen molar-refractivity contribution in [1.29, 1.82) is 0 Å². The quantitative estimate of drug-likeness (QED) is 0.499. The molecular formula is C5H5ClN2S. The van der Waals surface area contributed by atoms with Gasteiger partial charge in [-0.1, -0.05) is 11.6 Å². The van der Waals surface area contributed by atoms with Crippen molar-refractivity contribution in [2.24, 2.45) is 0 Å². The van der Waals surface area contributed by atoms with Gasteiger partial charge in [-0.05, 0) is 6.07 Å². The molecule has 0 saturated carbocycles. The molecule has 48 valence electrons. The maximum atomic E-state index is 5.54. The van der Waals surface area contributed by atoms with Crippen LogP contribution >= 0.6 is 24.2 Å². The zero-order valence-corrected chi connectivity index (χ0v) is 6.23. The molecule has 0 aromatic carbocycles. The number of hydrogen-bond acceptors (Lipinski definition) is 3. The number of nitrogens with zero attached hydrogens (tertiary/aromatic N) is 2. The number of thiol groups is 1. The second kappa shape index (κ2) is 3.03. The summed E-state index contributed by atoms with van der Waals surface area (Å²) in [5, 5.41) is 0.467. The van der Waals surface area contributed by atoms with E-state index in [9.17, 15) is 0 Å². The monoisotopic (exact) mass is 160 g/mol. The minimum Gasteiger partial charge on any atom is -0.240 e. The first-order valence-corrected chi connectivity index (χ1v) is 3.42. The summed E-state index contributed by atoms with van der Waals surface area (Å²) in [5.74, 6) is 1.19. The fourth-order valence-corrected chi connectivity index (χ4v) is 0.757. The van der Waals surface area contributed by atoms with Crippen LogP contribution < -0.4 is 0 Å². The minimum absolute atomic E-state index is 0.467. The highest BCUT2D eigenvalue weighted by atomic mass is 35.5. The number of aromatic nitrogens is 2. The maximum absolute atomic E-state index is 5.54. The average molecular weight is 161 g/mol. The van der Waals surface area contributed by atoms with Gasteiger partial charge >= 0.3 is 0 Å². The van der Waals surface area contributed by atoms with E-state index in [0.717, 1.165) is 0 Å². The second-order valence-electron chi connectivity index (χ2n) is 1.45. The average Bonchev–Trinajstić information content (AvgIpc) is 1.88. The predicted octanol–water partition coefficient (Wildman–Crippen LogP) is 1.56. The van der Waals surface area contributed by atoms with E-state index >= 15 is 0 Å². The highest BCUT2D eigenvalue weighted by Crippen LogP contribution is 2.02. The molecule has 0 aliphatic heterocycles. The maximum Gasteiger partial charge on any atom is 0.139 e. The molecule has 0 saturated heterocycles. The van der Waals surface area contributed by atoms with Gasteiger partial charge < -0.3 is 0 Å². The summed E-state index contributed by atoms with van der Waals surface area (Å²) in [6, 6.07) is 1.63. The van der Waals surface area contributed by atoms with E-state index in [2.05, 4.69) is 22.6 Å². The van der Waals surface area contributed by atoms with Gasteiger partial charge in [-0.15, -0.1) is 0 Å². The number of hydrogen-bond donors (Lipinski definition) is 1. The lowest BCUT2D eigenvalue weighted by Crippen LogP contribution is -1.88. The van der Waals surface area contributed by atoms with Crippen molar-refractivity contribution in [2.45, 2.75) is 5.75 Å². The highest BCUT2D eigenvalue weighted by molar-refractivity contribution is 7.79. The summed E-state index contributed by atoms with van der Waals surface area (Å²) in [5.41, 5.74) is 0. The van der Waals surface area contributed by atoms with Gasteiger partial charge in [0.15, 0.2) is 0 Å². The Labute approximate surface area is 63.7 Å². The van der Waals surface area contributed by atoms with E-state index in [0.29, 0.717) is 16.7 Å². The van der Waals surface area contributed by atoms with Gasteiger partial charge in [0.05, 0.1) is 5.75 Å². The molecule has 0 aliphatic carbocycles. The van der Waals surface area contributed by atoms with Crippen molar-refractivity contribution in [3.05, 3.63) is 23.2 Å². The Kier molecular flexibility index (Phi) is 2.30. The van der Waals surface area contributed by atoms with Gasteiger partial charge in [-0.25, -0.2) is 9.97 Å². The first-order chi connectivity index (χ1) is 4.33. The van der Waals surface area contributed by atoms with Crippen molar-refractivity contribution in [1.82, 2.24) is 9.97 Å². The van der Waals surface area contributed by atoms with Crippen LogP contribution in [-0.4, -0.2) is 9.97 Å². The molecule has 2 nitrogen and oxygen atoms in total. The Morgan fingerprint density at radius 3 is 2.89 bits per heavy atom. The Bertz CT molecular complexity index is 204. The first-order valence-electron chi connectivity index (χ1n) is 2.41. The van der Waals surface area contributed by atoms with Crippen molar-refractivity contribution in [3.63, 3.8) is 0 Å². The lowest BCUT2D eigenvalue weighted by atomic mass is 10.6. The third kappa shape index (κ3) is 1.84. The Morgan fingerprint density at radius 1 is 1.67 bits per heavy atom. The standard InChI is InChI=1S/C5H5ClN2S/c6-4-1-2-7-5(3-9)8-4/h1-2,9H,3H2. The summed E-state index contributed by atoms with van der Waals surface area (Å²) >= 11 is 9.51. The van der Waals surface area contributed by atoms with Crippen LogP contribution in [0.25, 0.3) is 0 Å². The Morgan fingerprint density at radius 2 is 2.44 bits per heavy atom. The molecule has 1 heterocycles.